The van der Waals surface area contributed by atoms with Gasteiger partial charge in [0.2, 0.25) is 0 Å². The van der Waals surface area contributed by atoms with E-state index >= 15 is 0 Å². The van der Waals surface area contributed by atoms with Crippen LogP contribution in [0.1, 0.15) is 26.3 Å². The van der Waals surface area contributed by atoms with Crippen molar-refractivity contribution in [3.63, 3.8) is 0 Å². The van der Waals surface area contributed by atoms with Crippen LogP contribution in [0.25, 0.3) is 0 Å². The molecule has 0 bridgehead atoms. The molecule has 0 unspecified atom stereocenters. The molecule has 0 aliphatic carbocycles. The van der Waals surface area contributed by atoms with Gasteiger partial charge >= 0.3 is 0 Å². The summed E-state index contributed by atoms with van der Waals surface area (Å²) in [6, 6.07) is 8.28. The summed E-state index contributed by atoms with van der Waals surface area (Å²) in [5, 5.41) is 3.16. The number of aromatic nitrogens is 2. The number of hydrogen-bond acceptors (Lipinski definition) is 6. The van der Waals surface area contributed by atoms with E-state index in [4.69, 9.17) is 5.73 Å². The molecule has 0 aliphatic rings. The third-order valence-electron chi connectivity index (χ3n) is 4.72. The Morgan fingerprint density at radius 3 is 2.39 bits per heavy atom. The Bertz CT molecular complexity index is 1150. The van der Waals surface area contributed by atoms with Crippen LogP contribution < -0.4 is 16.0 Å². The number of aryl methyl sites for hydroxylation is 1. The van der Waals surface area contributed by atoms with Crippen LogP contribution in [-0.2, 0) is 0 Å². The summed E-state index contributed by atoms with van der Waals surface area (Å²) in [5.41, 5.74) is 8.69. The number of anilines is 4. The maximum Gasteiger partial charge on any atom is 0.253 e. The molecule has 31 heavy (non-hydrogen) atoms. The van der Waals surface area contributed by atoms with Crippen LogP contribution in [0, 0.1) is 12.7 Å². The minimum Gasteiger partial charge on any atom is -0.365 e. The molecule has 160 valence electrons. The van der Waals surface area contributed by atoms with Crippen molar-refractivity contribution in [3.05, 3.63) is 71.4 Å². The SMILES string of the molecule is Cc1cc(Nc2cc(N(C)c3cncc(F)c3)c(C(N)=O)cn2)ccc1C(=O)N(C)C. The third kappa shape index (κ3) is 4.77. The van der Waals surface area contributed by atoms with E-state index in [-0.39, 0.29) is 11.5 Å². The molecular formula is C22H23FN6O2. The number of nitrogens with zero attached hydrogens (tertiary/aromatic N) is 4. The van der Waals surface area contributed by atoms with Gasteiger partial charge in [-0.3, -0.25) is 14.6 Å². The number of nitrogens with two attached hydrogens (primary N) is 1. The van der Waals surface area contributed by atoms with Gasteiger partial charge in [0.05, 0.1) is 29.3 Å². The highest BCUT2D eigenvalue weighted by Gasteiger charge is 2.17. The minimum absolute atomic E-state index is 0.0828. The predicted octanol–water partition coefficient (Wildman–Crippen LogP) is 3.24. The van der Waals surface area contributed by atoms with Crippen molar-refractivity contribution >= 4 is 34.7 Å². The highest BCUT2D eigenvalue weighted by Crippen LogP contribution is 2.30. The van der Waals surface area contributed by atoms with Crippen molar-refractivity contribution in [2.24, 2.45) is 5.73 Å². The number of primary amides is 1. The van der Waals surface area contributed by atoms with E-state index in [1.807, 2.05) is 13.0 Å². The number of rotatable bonds is 6. The normalized spacial score (nSPS) is 10.5. The molecule has 8 nitrogen and oxygen atoms in total. The van der Waals surface area contributed by atoms with Crippen molar-refractivity contribution in [2.75, 3.05) is 31.4 Å². The lowest BCUT2D eigenvalue weighted by Crippen LogP contribution is -2.22. The number of hydrogen-bond donors (Lipinski definition) is 2. The van der Waals surface area contributed by atoms with Gasteiger partial charge in [-0.2, -0.15) is 0 Å². The zero-order valence-corrected chi connectivity index (χ0v) is 17.7. The fourth-order valence-corrected chi connectivity index (χ4v) is 3.07. The van der Waals surface area contributed by atoms with Crippen molar-refractivity contribution in [1.29, 1.82) is 0 Å². The molecule has 0 spiro atoms. The van der Waals surface area contributed by atoms with Crippen molar-refractivity contribution < 1.29 is 14.0 Å². The molecular weight excluding hydrogens is 399 g/mol. The summed E-state index contributed by atoms with van der Waals surface area (Å²) in [7, 11) is 5.07. The second-order valence-corrected chi connectivity index (χ2v) is 7.23. The summed E-state index contributed by atoms with van der Waals surface area (Å²) in [6.45, 7) is 1.85. The molecule has 2 aromatic heterocycles. The third-order valence-corrected chi connectivity index (χ3v) is 4.72. The van der Waals surface area contributed by atoms with Gasteiger partial charge in [0.15, 0.2) is 0 Å². The maximum atomic E-state index is 13.6. The molecule has 2 heterocycles. The molecule has 3 aromatic rings. The van der Waals surface area contributed by atoms with E-state index < -0.39 is 11.7 Å². The Labute approximate surface area is 179 Å². The Morgan fingerprint density at radius 2 is 1.77 bits per heavy atom. The first-order valence-electron chi connectivity index (χ1n) is 9.41. The Hall–Kier alpha value is -4.01. The van der Waals surface area contributed by atoms with Gasteiger partial charge in [0.1, 0.15) is 11.6 Å². The Morgan fingerprint density at radius 1 is 1.03 bits per heavy atom. The topological polar surface area (TPSA) is 104 Å². The molecule has 0 aliphatic heterocycles. The summed E-state index contributed by atoms with van der Waals surface area (Å²) >= 11 is 0. The van der Waals surface area contributed by atoms with Gasteiger partial charge in [-0.1, -0.05) is 0 Å². The van der Waals surface area contributed by atoms with Crippen LogP contribution in [0.5, 0.6) is 0 Å². The molecule has 0 saturated heterocycles. The number of halogens is 1. The van der Waals surface area contributed by atoms with Gasteiger partial charge in [0, 0.05) is 50.7 Å². The van der Waals surface area contributed by atoms with Crippen LogP contribution in [0.15, 0.2) is 48.9 Å². The van der Waals surface area contributed by atoms with Gasteiger partial charge in [0.25, 0.3) is 11.8 Å². The molecule has 3 rings (SSSR count). The summed E-state index contributed by atoms with van der Waals surface area (Å²) in [6.07, 6.45) is 3.93. The molecule has 3 N–H and O–H groups in total. The summed E-state index contributed by atoms with van der Waals surface area (Å²) in [5.74, 6) is -0.796. The number of nitrogens with one attached hydrogen (secondary N) is 1. The van der Waals surface area contributed by atoms with Crippen molar-refractivity contribution in [2.45, 2.75) is 6.92 Å². The summed E-state index contributed by atoms with van der Waals surface area (Å²) < 4.78 is 13.6. The van der Waals surface area contributed by atoms with E-state index in [1.54, 1.807) is 44.2 Å². The zero-order chi connectivity index (χ0) is 22.7. The van der Waals surface area contributed by atoms with E-state index in [9.17, 15) is 14.0 Å². The largest absolute Gasteiger partial charge is 0.365 e. The first kappa shape index (κ1) is 21.7. The van der Waals surface area contributed by atoms with Gasteiger partial charge < -0.3 is 20.9 Å². The average Bonchev–Trinajstić information content (AvgIpc) is 2.72. The predicted molar refractivity (Wildman–Crippen MR) is 117 cm³/mol. The van der Waals surface area contributed by atoms with Gasteiger partial charge in [-0.05, 0) is 30.7 Å². The molecule has 0 fully saturated rings. The average molecular weight is 422 g/mol. The van der Waals surface area contributed by atoms with Gasteiger partial charge in [-0.15, -0.1) is 0 Å². The fraction of sp³-hybridized carbons (Fsp3) is 0.182. The smallest absolute Gasteiger partial charge is 0.253 e. The van der Waals surface area contributed by atoms with E-state index in [0.717, 1.165) is 11.8 Å². The Balaban J connectivity index is 1.95. The lowest BCUT2D eigenvalue weighted by molar-refractivity contribution is 0.0826. The quantitative estimate of drug-likeness (QED) is 0.632. The van der Waals surface area contributed by atoms with Crippen LogP contribution in [0.4, 0.5) is 27.3 Å². The standard InChI is InChI=1S/C22H23FN6O2/c1-13-7-15(5-6-17(13)22(31)28(2)3)27-20-9-19(18(12-26-20)21(24)30)29(4)16-8-14(23)10-25-11-16/h5-12H,1-4H3,(H2,24,30)(H,26,27). The lowest BCUT2D eigenvalue weighted by atomic mass is 10.1. The van der Waals surface area contributed by atoms with E-state index in [0.29, 0.717) is 28.4 Å². The molecule has 0 saturated carbocycles. The molecule has 2 amide bonds. The van der Waals surface area contributed by atoms with Crippen LogP contribution in [-0.4, -0.2) is 47.8 Å². The zero-order valence-electron chi connectivity index (χ0n) is 17.7. The highest BCUT2D eigenvalue weighted by molar-refractivity contribution is 6.00. The lowest BCUT2D eigenvalue weighted by Gasteiger charge is -2.22. The van der Waals surface area contributed by atoms with Crippen LogP contribution in [0.3, 0.4) is 0 Å². The maximum absolute atomic E-state index is 13.6. The fourth-order valence-electron chi connectivity index (χ4n) is 3.07. The number of pyridine rings is 2. The summed E-state index contributed by atoms with van der Waals surface area (Å²) in [4.78, 5) is 35.4. The van der Waals surface area contributed by atoms with Crippen LogP contribution in [0.2, 0.25) is 0 Å². The molecule has 9 heteroatoms. The van der Waals surface area contributed by atoms with Crippen molar-refractivity contribution in [3.8, 4) is 0 Å². The van der Waals surface area contributed by atoms with E-state index in [2.05, 4.69) is 15.3 Å². The Kier molecular flexibility index (Phi) is 6.15. The van der Waals surface area contributed by atoms with E-state index in [1.165, 1.54) is 23.4 Å². The minimum atomic E-state index is -0.660. The highest BCUT2D eigenvalue weighted by atomic mass is 19.1. The van der Waals surface area contributed by atoms with Crippen LogP contribution >= 0.6 is 0 Å². The molecule has 0 atom stereocenters. The second kappa shape index (κ2) is 8.78. The van der Waals surface area contributed by atoms with Crippen molar-refractivity contribution in [1.82, 2.24) is 14.9 Å². The first-order valence-corrected chi connectivity index (χ1v) is 9.41. The number of benzene rings is 1. The number of amides is 2. The first-order chi connectivity index (χ1) is 14.7. The second-order valence-electron chi connectivity index (χ2n) is 7.23. The monoisotopic (exact) mass is 422 g/mol. The molecule has 0 radical (unpaired) electrons. The molecule has 1 aromatic carbocycles. The number of carbonyl (C=O) groups excluding carboxylic acids is 2. The number of carbonyl (C=O) groups is 2. The van der Waals surface area contributed by atoms with Gasteiger partial charge in [-0.25, -0.2) is 9.37 Å².